The van der Waals surface area contributed by atoms with Crippen LogP contribution >= 0.6 is 0 Å². The first-order valence-electron chi connectivity index (χ1n) is 10.9. The summed E-state index contributed by atoms with van der Waals surface area (Å²) < 4.78 is 5.37. The molecule has 1 saturated carbocycles. The molecule has 8 nitrogen and oxygen atoms in total. The number of carbonyl (C=O) groups excluding carboxylic acids is 2. The number of hydrogen-bond donors (Lipinski definition) is 3. The quantitative estimate of drug-likeness (QED) is 0.338. The van der Waals surface area contributed by atoms with E-state index in [9.17, 15) is 24.9 Å². The summed E-state index contributed by atoms with van der Waals surface area (Å²) in [6, 6.07) is 10.9. The van der Waals surface area contributed by atoms with Crippen LogP contribution in [-0.2, 0) is 16.0 Å². The minimum absolute atomic E-state index is 0.00739. The normalized spacial score (nSPS) is 23.1. The summed E-state index contributed by atoms with van der Waals surface area (Å²) in [7, 11) is -1.75. The lowest BCUT2D eigenvalue weighted by molar-refractivity contribution is -0.129. The van der Waals surface area contributed by atoms with Crippen LogP contribution in [0.4, 0.5) is 4.79 Å². The van der Waals surface area contributed by atoms with E-state index in [1.54, 1.807) is 11.0 Å². The maximum absolute atomic E-state index is 13.0. The summed E-state index contributed by atoms with van der Waals surface area (Å²) in [6.45, 7) is 6.31. The Bertz CT molecular complexity index is 906. The molecule has 1 aromatic rings. The number of nitrogens with zero attached hydrogens (tertiary/aromatic N) is 2. The molecule has 0 unspecified atom stereocenters. The third-order valence-corrected chi connectivity index (χ3v) is 5.84. The highest BCUT2D eigenvalue weighted by molar-refractivity contribution is 6.43. The first-order chi connectivity index (χ1) is 15.1. The van der Waals surface area contributed by atoms with Crippen molar-refractivity contribution in [3.8, 4) is 6.07 Å². The Morgan fingerprint density at radius 2 is 2.03 bits per heavy atom. The molecule has 2 fully saturated rings. The van der Waals surface area contributed by atoms with Gasteiger partial charge in [-0.3, -0.25) is 4.79 Å². The molecule has 1 heterocycles. The maximum Gasteiger partial charge on any atom is 0.475 e. The Balaban J connectivity index is 1.59. The molecule has 9 heteroatoms. The standard InChI is InChI=1S/C23H30BN3O5/c1-23(2,3)11-17(12-25)21(28)27-13-16-10-18(16)19(27)14-32-22(29)26-20(24(30)31)9-15-7-5-4-6-8-15/h4-8,11,16,18-20,30-31H,9-10,13-14H2,1-3H3,(H,26,29)/b17-11+/t16-,18-,19-,20+/m1/s1. The lowest BCUT2D eigenvalue weighted by Crippen LogP contribution is -2.49. The average molecular weight is 439 g/mol. The van der Waals surface area contributed by atoms with Crippen LogP contribution in [0.25, 0.3) is 0 Å². The topological polar surface area (TPSA) is 123 Å². The minimum Gasteiger partial charge on any atom is -0.447 e. The van der Waals surface area contributed by atoms with Gasteiger partial charge in [-0.2, -0.15) is 5.26 Å². The van der Waals surface area contributed by atoms with Gasteiger partial charge in [-0.05, 0) is 35.7 Å². The lowest BCUT2D eigenvalue weighted by atomic mass is 9.76. The molecule has 3 N–H and O–H groups in total. The van der Waals surface area contributed by atoms with Gasteiger partial charge in [-0.1, -0.05) is 57.2 Å². The Kier molecular flexibility index (Phi) is 7.27. The van der Waals surface area contributed by atoms with Crippen LogP contribution in [0.15, 0.2) is 42.0 Å². The van der Waals surface area contributed by atoms with Gasteiger partial charge in [0.25, 0.3) is 5.91 Å². The summed E-state index contributed by atoms with van der Waals surface area (Å²) in [4.78, 5) is 26.9. The second-order valence-corrected chi connectivity index (χ2v) is 9.67. The first-order valence-corrected chi connectivity index (χ1v) is 10.9. The number of ether oxygens (including phenoxy) is 1. The Morgan fingerprint density at radius 1 is 1.34 bits per heavy atom. The van der Waals surface area contributed by atoms with Crippen LogP contribution in [0, 0.1) is 28.6 Å². The number of amides is 2. The number of benzene rings is 1. The monoisotopic (exact) mass is 439 g/mol. The number of piperidine rings is 1. The van der Waals surface area contributed by atoms with Crippen molar-refractivity contribution >= 4 is 19.1 Å². The molecule has 0 aromatic heterocycles. The predicted octanol–water partition coefficient (Wildman–Crippen LogP) is 1.68. The zero-order valence-corrected chi connectivity index (χ0v) is 18.7. The van der Waals surface area contributed by atoms with E-state index in [4.69, 9.17) is 4.74 Å². The van der Waals surface area contributed by atoms with Crippen molar-refractivity contribution in [1.82, 2.24) is 10.2 Å². The molecule has 1 aliphatic carbocycles. The van der Waals surface area contributed by atoms with E-state index in [-0.39, 0.29) is 41.9 Å². The molecular formula is C23H30BN3O5. The molecule has 0 spiro atoms. The molecule has 0 bridgehead atoms. The van der Waals surface area contributed by atoms with Gasteiger partial charge in [-0.15, -0.1) is 0 Å². The summed E-state index contributed by atoms with van der Waals surface area (Å²) in [5.74, 6) is -0.642. The number of carbonyl (C=O) groups is 2. The highest BCUT2D eigenvalue weighted by atomic mass is 16.5. The van der Waals surface area contributed by atoms with Crippen LogP contribution in [0.5, 0.6) is 0 Å². The smallest absolute Gasteiger partial charge is 0.447 e. The largest absolute Gasteiger partial charge is 0.475 e. The summed E-state index contributed by atoms with van der Waals surface area (Å²) in [5.41, 5.74) is 0.627. The molecule has 170 valence electrons. The number of likely N-dealkylation sites (tertiary alicyclic amines) is 1. The van der Waals surface area contributed by atoms with E-state index in [2.05, 4.69) is 5.32 Å². The fourth-order valence-electron chi connectivity index (χ4n) is 4.20. The van der Waals surface area contributed by atoms with Crippen LogP contribution < -0.4 is 5.32 Å². The molecule has 1 aliphatic heterocycles. The first kappa shape index (κ1) is 23.8. The summed E-state index contributed by atoms with van der Waals surface area (Å²) >= 11 is 0. The van der Waals surface area contributed by atoms with Crippen molar-refractivity contribution < 1.29 is 24.4 Å². The van der Waals surface area contributed by atoms with Crippen LogP contribution in [0.2, 0.25) is 0 Å². The Morgan fingerprint density at radius 3 is 2.62 bits per heavy atom. The van der Waals surface area contributed by atoms with Crippen LogP contribution in [0.3, 0.4) is 0 Å². The molecule has 2 amide bonds. The molecule has 1 aromatic carbocycles. The third-order valence-electron chi connectivity index (χ3n) is 5.84. The fourth-order valence-corrected chi connectivity index (χ4v) is 4.20. The zero-order valence-electron chi connectivity index (χ0n) is 18.7. The van der Waals surface area contributed by atoms with E-state index >= 15 is 0 Å². The van der Waals surface area contributed by atoms with Gasteiger partial charge in [0.2, 0.25) is 0 Å². The highest BCUT2D eigenvalue weighted by Gasteiger charge is 2.54. The van der Waals surface area contributed by atoms with Gasteiger partial charge in [0.15, 0.2) is 0 Å². The van der Waals surface area contributed by atoms with E-state index < -0.39 is 19.2 Å². The van der Waals surface area contributed by atoms with Crippen molar-refractivity contribution in [3.05, 3.63) is 47.5 Å². The maximum atomic E-state index is 13.0. The Hall–Kier alpha value is -2.83. The summed E-state index contributed by atoms with van der Waals surface area (Å²) in [6.07, 6.45) is 2.09. The number of allylic oxidation sites excluding steroid dienone is 1. The lowest BCUT2D eigenvalue weighted by Gasteiger charge is -2.28. The van der Waals surface area contributed by atoms with Crippen LogP contribution in [-0.4, -0.2) is 59.2 Å². The van der Waals surface area contributed by atoms with Crippen molar-refractivity contribution in [2.75, 3.05) is 13.2 Å². The number of nitrogens with one attached hydrogen (secondary N) is 1. The van der Waals surface area contributed by atoms with Gasteiger partial charge in [0, 0.05) is 6.54 Å². The molecule has 1 saturated heterocycles. The molecule has 4 atom stereocenters. The van der Waals surface area contributed by atoms with Crippen molar-refractivity contribution in [2.24, 2.45) is 17.3 Å². The predicted molar refractivity (Wildman–Crippen MR) is 119 cm³/mol. The molecular weight excluding hydrogens is 409 g/mol. The number of alkyl carbamates (subject to hydrolysis) is 1. The molecule has 2 aliphatic rings. The van der Waals surface area contributed by atoms with Gasteiger partial charge in [0.1, 0.15) is 18.2 Å². The van der Waals surface area contributed by atoms with E-state index in [1.165, 1.54) is 0 Å². The molecule has 32 heavy (non-hydrogen) atoms. The van der Waals surface area contributed by atoms with E-state index in [1.807, 2.05) is 57.2 Å². The number of nitriles is 1. The average Bonchev–Trinajstić information content (AvgIpc) is 3.41. The summed E-state index contributed by atoms with van der Waals surface area (Å²) in [5, 5.41) is 31.2. The number of hydrogen-bond acceptors (Lipinski definition) is 6. The van der Waals surface area contributed by atoms with Crippen molar-refractivity contribution in [2.45, 2.75) is 45.6 Å². The zero-order chi connectivity index (χ0) is 23.5. The van der Waals surface area contributed by atoms with Gasteiger partial charge in [-0.25, -0.2) is 4.79 Å². The molecule has 0 radical (unpaired) electrons. The van der Waals surface area contributed by atoms with Crippen molar-refractivity contribution in [3.63, 3.8) is 0 Å². The number of fused-ring (bicyclic) bond motifs is 1. The van der Waals surface area contributed by atoms with Crippen LogP contribution in [0.1, 0.15) is 32.8 Å². The highest BCUT2D eigenvalue weighted by Crippen LogP contribution is 2.50. The second-order valence-electron chi connectivity index (χ2n) is 9.67. The third kappa shape index (κ3) is 6.12. The van der Waals surface area contributed by atoms with Gasteiger partial charge in [0.05, 0.1) is 12.0 Å². The van der Waals surface area contributed by atoms with E-state index in [0.717, 1.165) is 12.0 Å². The number of rotatable bonds is 7. The molecule has 3 rings (SSSR count). The van der Waals surface area contributed by atoms with Gasteiger partial charge < -0.3 is 25.0 Å². The van der Waals surface area contributed by atoms with E-state index in [0.29, 0.717) is 12.5 Å². The Labute approximate surface area is 189 Å². The van der Waals surface area contributed by atoms with Crippen molar-refractivity contribution in [1.29, 1.82) is 5.26 Å². The fraction of sp³-hybridized carbons (Fsp3) is 0.522. The minimum atomic E-state index is -1.75. The van der Waals surface area contributed by atoms with Gasteiger partial charge >= 0.3 is 13.2 Å². The SMILES string of the molecule is CC(C)(C)/C=C(\C#N)C(=O)N1C[C@H]2C[C@H]2[C@H]1COC(=O)N[C@@H](Cc1ccccc1)B(O)O. The second kappa shape index (κ2) is 9.76.